The number of allylic oxidation sites excluding steroid dienone is 1. The molecule has 0 amide bonds. The molecule has 3 aromatic heterocycles. The van der Waals surface area contributed by atoms with Gasteiger partial charge in [0.2, 0.25) is 5.88 Å². The first-order valence-corrected chi connectivity index (χ1v) is 12.6. The van der Waals surface area contributed by atoms with Crippen LogP contribution in [0.15, 0.2) is 73.6 Å². The van der Waals surface area contributed by atoms with Crippen molar-refractivity contribution in [2.24, 2.45) is 0 Å². The summed E-state index contributed by atoms with van der Waals surface area (Å²) in [5, 5.41) is 15.4. The molecule has 11 heteroatoms. The predicted octanol–water partition coefficient (Wildman–Crippen LogP) is 3.57. The summed E-state index contributed by atoms with van der Waals surface area (Å²) in [6.45, 7) is 4.02. The van der Waals surface area contributed by atoms with Gasteiger partial charge in [-0.3, -0.25) is 9.20 Å². The molecular formula is C28H26N8O3. The average molecular weight is 523 g/mol. The monoisotopic (exact) mass is 522 g/mol. The number of aryl methyl sites for hydroxylation is 1. The zero-order chi connectivity index (χ0) is 26.6. The minimum atomic E-state index is 0.0250. The molecule has 1 aliphatic heterocycles. The molecule has 5 aromatic rings. The smallest absolute Gasteiger partial charge is 0.224 e. The van der Waals surface area contributed by atoms with Gasteiger partial charge >= 0.3 is 0 Å². The minimum absolute atomic E-state index is 0.0250. The fraction of sp³-hybridized carbons (Fsp3) is 0.214. The van der Waals surface area contributed by atoms with Gasteiger partial charge in [0.1, 0.15) is 30.5 Å². The lowest BCUT2D eigenvalue weighted by Crippen LogP contribution is -2.39. The maximum Gasteiger partial charge on any atom is 0.224 e. The molecule has 196 valence electrons. The summed E-state index contributed by atoms with van der Waals surface area (Å²) < 4.78 is 13.1. The van der Waals surface area contributed by atoms with Gasteiger partial charge in [0, 0.05) is 36.1 Å². The number of nitrogens with one attached hydrogen (secondary N) is 2. The Morgan fingerprint density at radius 2 is 2.13 bits per heavy atom. The number of carbonyl (C=O) groups excluding carboxylic acids is 1. The van der Waals surface area contributed by atoms with Crippen molar-refractivity contribution >= 4 is 33.8 Å². The van der Waals surface area contributed by atoms with Gasteiger partial charge in [-0.25, -0.2) is 15.0 Å². The van der Waals surface area contributed by atoms with Gasteiger partial charge in [0.25, 0.3) is 0 Å². The predicted molar refractivity (Wildman–Crippen MR) is 145 cm³/mol. The lowest BCUT2D eigenvalue weighted by atomic mass is 10.1. The first-order valence-electron chi connectivity index (χ1n) is 12.6. The molecular weight excluding hydrogens is 496 g/mol. The molecule has 1 fully saturated rings. The first-order chi connectivity index (χ1) is 19.1. The second-order valence-electron chi connectivity index (χ2n) is 9.24. The zero-order valence-electron chi connectivity index (χ0n) is 21.2. The number of rotatable bonds is 8. The lowest BCUT2D eigenvalue weighted by Gasteiger charge is -2.20. The molecule has 0 saturated carbocycles. The minimum Gasteiger partial charge on any atom is -0.439 e. The number of aromatic nitrogens is 6. The van der Waals surface area contributed by atoms with E-state index in [1.165, 1.54) is 6.33 Å². The van der Waals surface area contributed by atoms with Crippen molar-refractivity contribution in [2.75, 3.05) is 25.1 Å². The van der Waals surface area contributed by atoms with E-state index in [0.29, 0.717) is 36.3 Å². The highest BCUT2D eigenvalue weighted by Gasteiger charge is 2.12. The van der Waals surface area contributed by atoms with Crippen molar-refractivity contribution in [3.8, 4) is 11.6 Å². The molecule has 0 spiro atoms. The number of ketones is 1. The molecule has 11 nitrogen and oxygen atoms in total. The highest BCUT2D eigenvalue weighted by Crippen LogP contribution is 2.29. The standard InChI is InChI=1S/C28H26N8O3/c1-18-10-20(4-7-25(18)39-27-13-26-35-33-17-36(26)16-32-27)34-28-23-12-19(2-6-24(23)30-15-31-28)11-22(37)5-3-21-14-38-9-8-29-21/h2-7,10,12-13,15-17,21,29H,8-9,11,14H2,1H3,(H,30,31,34)/b5-3+. The topological polar surface area (TPSA) is 128 Å². The van der Waals surface area contributed by atoms with E-state index in [2.05, 4.69) is 35.8 Å². The van der Waals surface area contributed by atoms with Crippen molar-refractivity contribution in [1.82, 2.24) is 34.9 Å². The third-order valence-corrected chi connectivity index (χ3v) is 6.36. The Morgan fingerprint density at radius 3 is 3.00 bits per heavy atom. The SMILES string of the molecule is Cc1cc(Nc2ncnc3ccc(CC(=O)/C=C/C4COCCN4)cc23)ccc1Oc1cc2nncn2cn1. The van der Waals surface area contributed by atoms with Crippen molar-refractivity contribution in [3.05, 3.63) is 84.7 Å². The van der Waals surface area contributed by atoms with Gasteiger partial charge in [0.15, 0.2) is 11.4 Å². The van der Waals surface area contributed by atoms with Crippen molar-refractivity contribution in [1.29, 1.82) is 0 Å². The van der Waals surface area contributed by atoms with Gasteiger partial charge in [-0.15, -0.1) is 10.2 Å². The van der Waals surface area contributed by atoms with Crippen LogP contribution in [0.25, 0.3) is 16.6 Å². The lowest BCUT2D eigenvalue weighted by molar-refractivity contribution is -0.114. The number of nitrogens with zero attached hydrogens (tertiary/aromatic N) is 6. The second-order valence-corrected chi connectivity index (χ2v) is 9.24. The van der Waals surface area contributed by atoms with E-state index in [9.17, 15) is 4.79 Å². The molecule has 0 aliphatic carbocycles. The number of ether oxygens (including phenoxy) is 2. The van der Waals surface area contributed by atoms with Crippen LogP contribution in [-0.4, -0.2) is 61.1 Å². The highest BCUT2D eigenvalue weighted by molar-refractivity contribution is 5.94. The summed E-state index contributed by atoms with van der Waals surface area (Å²) in [6.07, 6.45) is 8.50. The number of hydrogen-bond donors (Lipinski definition) is 2. The summed E-state index contributed by atoms with van der Waals surface area (Å²) in [5.41, 5.74) is 4.08. The van der Waals surface area contributed by atoms with E-state index in [4.69, 9.17) is 9.47 Å². The quantitative estimate of drug-likeness (QED) is 0.292. The van der Waals surface area contributed by atoms with Crippen molar-refractivity contribution in [2.45, 2.75) is 19.4 Å². The summed E-state index contributed by atoms with van der Waals surface area (Å²) in [4.78, 5) is 25.7. The van der Waals surface area contributed by atoms with Gasteiger partial charge in [-0.1, -0.05) is 12.1 Å². The number of fused-ring (bicyclic) bond motifs is 2. The molecule has 1 unspecified atom stereocenters. The normalized spacial score (nSPS) is 15.7. The first kappa shape index (κ1) is 24.6. The summed E-state index contributed by atoms with van der Waals surface area (Å²) in [6, 6.07) is 13.3. The number of hydrogen-bond acceptors (Lipinski definition) is 10. The van der Waals surface area contributed by atoms with E-state index in [1.807, 2.05) is 49.4 Å². The Balaban J connectivity index is 1.17. The molecule has 4 heterocycles. The molecule has 1 atom stereocenters. The van der Waals surface area contributed by atoms with E-state index in [1.54, 1.807) is 29.2 Å². The third-order valence-electron chi connectivity index (χ3n) is 6.36. The molecule has 39 heavy (non-hydrogen) atoms. The van der Waals surface area contributed by atoms with Crippen molar-refractivity contribution < 1.29 is 14.3 Å². The van der Waals surface area contributed by atoms with Crippen LogP contribution in [-0.2, 0) is 16.0 Å². The molecule has 1 saturated heterocycles. The highest BCUT2D eigenvalue weighted by atomic mass is 16.5. The summed E-state index contributed by atoms with van der Waals surface area (Å²) >= 11 is 0. The van der Waals surface area contributed by atoms with E-state index >= 15 is 0 Å². The van der Waals surface area contributed by atoms with E-state index in [0.717, 1.165) is 34.3 Å². The molecule has 2 aromatic carbocycles. The van der Waals surface area contributed by atoms with Crippen LogP contribution in [0.5, 0.6) is 11.6 Å². The molecule has 6 rings (SSSR count). The fourth-order valence-corrected chi connectivity index (χ4v) is 4.36. The Bertz CT molecular complexity index is 1680. The molecule has 2 N–H and O–H groups in total. The van der Waals surface area contributed by atoms with E-state index < -0.39 is 0 Å². The van der Waals surface area contributed by atoms with Crippen LogP contribution in [0, 0.1) is 6.92 Å². The van der Waals surface area contributed by atoms with Crippen LogP contribution >= 0.6 is 0 Å². The number of carbonyl (C=O) groups is 1. The second kappa shape index (κ2) is 10.9. The molecule has 1 aliphatic rings. The van der Waals surface area contributed by atoms with Crippen molar-refractivity contribution in [3.63, 3.8) is 0 Å². The fourth-order valence-electron chi connectivity index (χ4n) is 4.36. The number of morpholine rings is 1. The Labute approximate surface area is 223 Å². The Hall–Kier alpha value is -4.74. The van der Waals surface area contributed by atoms with E-state index in [-0.39, 0.29) is 18.2 Å². The maximum atomic E-state index is 12.6. The summed E-state index contributed by atoms with van der Waals surface area (Å²) in [5.74, 6) is 1.78. The largest absolute Gasteiger partial charge is 0.439 e. The Kier molecular flexibility index (Phi) is 6.89. The van der Waals surface area contributed by atoms with Crippen LogP contribution < -0.4 is 15.4 Å². The zero-order valence-corrected chi connectivity index (χ0v) is 21.2. The van der Waals surface area contributed by atoms with Gasteiger partial charge in [-0.05, 0) is 54.5 Å². The number of anilines is 2. The molecule has 0 bridgehead atoms. The summed E-state index contributed by atoms with van der Waals surface area (Å²) in [7, 11) is 0. The third kappa shape index (κ3) is 5.74. The van der Waals surface area contributed by atoms with Crippen LogP contribution in [0.2, 0.25) is 0 Å². The Morgan fingerprint density at radius 1 is 1.18 bits per heavy atom. The van der Waals surface area contributed by atoms with Crippen LogP contribution in [0.1, 0.15) is 11.1 Å². The van der Waals surface area contributed by atoms with Crippen LogP contribution in [0.3, 0.4) is 0 Å². The number of benzene rings is 2. The molecule has 0 radical (unpaired) electrons. The van der Waals surface area contributed by atoms with Crippen LogP contribution in [0.4, 0.5) is 11.5 Å². The van der Waals surface area contributed by atoms with Gasteiger partial charge < -0.3 is 20.1 Å². The maximum absolute atomic E-state index is 12.6. The van der Waals surface area contributed by atoms with Gasteiger partial charge in [0.05, 0.1) is 18.7 Å². The van der Waals surface area contributed by atoms with Gasteiger partial charge in [-0.2, -0.15) is 0 Å². The average Bonchev–Trinajstić information content (AvgIpc) is 3.42.